The lowest BCUT2D eigenvalue weighted by atomic mass is 9.87. The maximum atomic E-state index is 13.1. The van der Waals surface area contributed by atoms with Crippen LogP contribution in [0.1, 0.15) is 52.7 Å². The number of esters is 1. The monoisotopic (exact) mass is 454 g/mol. The lowest BCUT2D eigenvalue weighted by Gasteiger charge is -2.21. The summed E-state index contributed by atoms with van der Waals surface area (Å²) in [6.45, 7) is 8.08. The first-order valence-corrected chi connectivity index (χ1v) is 11.5. The van der Waals surface area contributed by atoms with Gasteiger partial charge in [-0.2, -0.15) is 0 Å². The smallest absolute Gasteiger partial charge is 0.360 e. The molecular formula is C23H26N4O4S. The number of anilines is 1. The minimum Gasteiger partial charge on any atom is -0.464 e. The molecule has 1 heterocycles. The molecule has 0 aliphatic heterocycles. The van der Waals surface area contributed by atoms with E-state index in [1.807, 2.05) is 19.1 Å². The molecule has 1 aromatic heterocycles. The van der Waals surface area contributed by atoms with E-state index in [2.05, 4.69) is 41.1 Å². The molecule has 0 fully saturated rings. The highest BCUT2D eigenvalue weighted by Gasteiger charge is 2.19. The number of rotatable bonds is 5. The summed E-state index contributed by atoms with van der Waals surface area (Å²) in [7, 11) is -0.00214. The molecule has 1 amide bonds. The largest absolute Gasteiger partial charge is 0.464 e. The predicted molar refractivity (Wildman–Crippen MR) is 123 cm³/mol. The minimum absolute atomic E-state index is 0.0656. The van der Waals surface area contributed by atoms with Crippen LogP contribution in [0.2, 0.25) is 0 Å². The van der Waals surface area contributed by atoms with Crippen molar-refractivity contribution in [2.75, 3.05) is 18.7 Å². The fraction of sp³-hybridized carbons (Fsp3) is 0.304. The van der Waals surface area contributed by atoms with Gasteiger partial charge in [-0.25, -0.2) is 9.48 Å². The Hall–Kier alpha value is -3.33. The van der Waals surface area contributed by atoms with Crippen molar-refractivity contribution in [3.05, 3.63) is 65.0 Å². The summed E-state index contributed by atoms with van der Waals surface area (Å²) in [6.07, 6.45) is 3.02. The normalized spacial score (nSPS) is 12.3. The zero-order valence-corrected chi connectivity index (χ0v) is 19.7. The number of nitrogens with zero attached hydrogens (tertiary/aromatic N) is 3. The lowest BCUT2D eigenvalue weighted by molar-refractivity contribution is 0.0593. The second-order valence-corrected chi connectivity index (χ2v) is 9.76. The van der Waals surface area contributed by atoms with Gasteiger partial charge in [0.15, 0.2) is 5.69 Å². The molecule has 0 spiro atoms. The predicted octanol–water partition coefficient (Wildman–Crippen LogP) is 3.65. The van der Waals surface area contributed by atoms with E-state index in [0.29, 0.717) is 21.8 Å². The molecule has 0 aliphatic carbocycles. The Morgan fingerprint density at radius 1 is 1.12 bits per heavy atom. The number of carbonyl (C=O) groups excluding carboxylic acids is 2. The molecule has 168 valence electrons. The van der Waals surface area contributed by atoms with Gasteiger partial charge in [0.2, 0.25) is 0 Å². The number of aryl methyl sites for hydroxylation is 1. The van der Waals surface area contributed by atoms with Gasteiger partial charge < -0.3 is 10.1 Å². The molecule has 1 atom stereocenters. The summed E-state index contributed by atoms with van der Waals surface area (Å²) in [6, 6.07) is 10.7. The Labute approximate surface area is 189 Å². The number of hydrogen-bond acceptors (Lipinski definition) is 6. The van der Waals surface area contributed by atoms with Crippen LogP contribution in [-0.4, -0.2) is 44.4 Å². The summed E-state index contributed by atoms with van der Waals surface area (Å²) in [5, 5.41) is 10.7. The first kappa shape index (κ1) is 23.3. The Kier molecular flexibility index (Phi) is 6.59. The van der Waals surface area contributed by atoms with Crippen LogP contribution in [0.3, 0.4) is 0 Å². The van der Waals surface area contributed by atoms with Crippen LogP contribution in [0.15, 0.2) is 47.5 Å². The van der Waals surface area contributed by atoms with Crippen molar-refractivity contribution in [3.63, 3.8) is 0 Å². The second kappa shape index (κ2) is 9.04. The number of amides is 1. The molecule has 0 radical (unpaired) electrons. The van der Waals surface area contributed by atoms with Gasteiger partial charge in [0.25, 0.3) is 5.91 Å². The van der Waals surface area contributed by atoms with Gasteiger partial charge in [-0.3, -0.25) is 9.00 Å². The van der Waals surface area contributed by atoms with Crippen molar-refractivity contribution in [2.45, 2.75) is 38.0 Å². The molecule has 3 rings (SSSR count). The Morgan fingerprint density at radius 3 is 2.47 bits per heavy atom. The van der Waals surface area contributed by atoms with Crippen molar-refractivity contribution in [1.29, 1.82) is 0 Å². The third-order valence-corrected chi connectivity index (χ3v) is 5.98. The molecule has 32 heavy (non-hydrogen) atoms. The van der Waals surface area contributed by atoms with Crippen LogP contribution in [0.4, 0.5) is 5.69 Å². The van der Waals surface area contributed by atoms with E-state index < -0.39 is 16.8 Å². The highest BCUT2D eigenvalue weighted by molar-refractivity contribution is 7.84. The van der Waals surface area contributed by atoms with Gasteiger partial charge in [-0.15, -0.1) is 5.10 Å². The Balaban J connectivity index is 1.96. The summed E-state index contributed by atoms with van der Waals surface area (Å²) in [5.41, 5.74) is 3.29. The summed E-state index contributed by atoms with van der Waals surface area (Å²) in [4.78, 5) is 25.3. The van der Waals surface area contributed by atoms with Crippen molar-refractivity contribution >= 4 is 28.4 Å². The molecule has 8 nitrogen and oxygen atoms in total. The number of carbonyl (C=O) groups is 2. The maximum Gasteiger partial charge on any atom is 0.360 e. The fourth-order valence-corrected chi connectivity index (χ4v) is 3.80. The van der Waals surface area contributed by atoms with Crippen LogP contribution in [0.25, 0.3) is 5.69 Å². The van der Waals surface area contributed by atoms with Crippen molar-refractivity contribution < 1.29 is 18.5 Å². The zero-order chi connectivity index (χ0) is 23.6. The molecule has 0 aliphatic rings. The summed E-state index contributed by atoms with van der Waals surface area (Å²) >= 11 is 0. The number of benzene rings is 2. The van der Waals surface area contributed by atoms with E-state index in [1.54, 1.807) is 30.5 Å². The summed E-state index contributed by atoms with van der Waals surface area (Å²) < 4.78 is 18.3. The molecule has 1 N–H and O–H groups in total. The maximum absolute atomic E-state index is 13.1. The standard InChI is InChI=1S/C23H26N4O4S/c1-14-7-8-15(11-19(14)27-13-18(25-26-27)22(29)31-5)21(28)24-17-12-16(23(2,3)4)9-10-20(17)32(6)30/h7-13H,1-6H3,(H,24,28). The highest BCUT2D eigenvalue weighted by Crippen LogP contribution is 2.29. The molecule has 9 heteroatoms. The average Bonchev–Trinajstić information content (AvgIpc) is 3.22. The van der Waals surface area contributed by atoms with Crippen LogP contribution in [-0.2, 0) is 21.0 Å². The number of ether oxygens (including phenoxy) is 1. The van der Waals surface area contributed by atoms with Gasteiger partial charge in [-0.1, -0.05) is 38.1 Å². The van der Waals surface area contributed by atoms with Crippen molar-refractivity contribution in [2.24, 2.45) is 0 Å². The SMILES string of the molecule is COC(=O)c1cn(-c2cc(C(=O)Nc3cc(C(C)(C)C)ccc3S(C)=O)ccc2C)nn1. The van der Waals surface area contributed by atoms with E-state index in [1.165, 1.54) is 18.0 Å². The van der Waals surface area contributed by atoms with E-state index in [0.717, 1.165) is 11.1 Å². The molecular weight excluding hydrogens is 428 g/mol. The molecule has 3 aromatic rings. The van der Waals surface area contributed by atoms with Gasteiger partial charge in [0.1, 0.15) is 0 Å². The molecule has 0 saturated carbocycles. The van der Waals surface area contributed by atoms with E-state index in [4.69, 9.17) is 0 Å². The molecule has 1 unspecified atom stereocenters. The van der Waals surface area contributed by atoms with E-state index in [-0.39, 0.29) is 17.0 Å². The average molecular weight is 455 g/mol. The van der Waals surface area contributed by atoms with Crippen LogP contribution in [0.5, 0.6) is 0 Å². The Bertz CT molecular complexity index is 1210. The van der Waals surface area contributed by atoms with Crippen LogP contribution in [0, 0.1) is 6.92 Å². The van der Waals surface area contributed by atoms with Crippen molar-refractivity contribution in [3.8, 4) is 5.69 Å². The number of hydrogen-bond donors (Lipinski definition) is 1. The van der Waals surface area contributed by atoms with Crippen LogP contribution >= 0.6 is 0 Å². The second-order valence-electron chi connectivity index (χ2n) is 8.41. The topological polar surface area (TPSA) is 103 Å². The zero-order valence-electron chi connectivity index (χ0n) is 18.9. The van der Waals surface area contributed by atoms with Crippen LogP contribution < -0.4 is 5.32 Å². The Morgan fingerprint density at radius 2 is 1.84 bits per heavy atom. The third kappa shape index (κ3) is 4.94. The fourth-order valence-electron chi connectivity index (χ4n) is 3.12. The van der Waals surface area contributed by atoms with Gasteiger partial charge in [0, 0.05) is 11.8 Å². The first-order chi connectivity index (χ1) is 15.0. The van der Waals surface area contributed by atoms with E-state index >= 15 is 0 Å². The number of aromatic nitrogens is 3. The first-order valence-electron chi connectivity index (χ1n) is 9.92. The van der Waals surface area contributed by atoms with Gasteiger partial charge >= 0.3 is 5.97 Å². The molecule has 0 saturated heterocycles. The third-order valence-electron chi connectivity index (χ3n) is 5.01. The highest BCUT2D eigenvalue weighted by atomic mass is 32.2. The van der Waals surface area contributed by atoms with Crippen molar-refractivity contribution in [1.82, 2.24) is 15.0 Å². The quantitative estimate of drug-likeness (QED) is 0.590. The van der Waals surface area contributed by atoms with Gasteiger partial charge in [-0.05, 0) is 47.7 Å². The number of nitrogens with one attached hydrogen (secondary N) is 1. The van der Waals surface area contributed by atoms with E-state index in [9.17, 15) is 13.8 Å². The molecule has 0 bridgehead atoms. The summed E-state index contributed by atoms with van der Waals surface area (Å²) in [5.74, 6) is -0.945. The van der Waals surface area contributed by atoms with Gasteiger partial charge in [0.05, 0.1) is 40.4 Å². The number of methoxy groups -OCH3 is 1. The molecule has 2 aromatic carbocycles. The lowest BCUT2D eigenvalue weighted by Crippen LogP contribution is -2.17. The minimum atomic E-state index is -1.27.